The molecule has 0 bridgehead atoms. The SMILES string of the molecule is COc1cccc(-c2cc3ccc(OC)c(OC)c3oc2=O)c1. The van der Waals surface area contributed by atoms with Gasteiger partial charge in [-0.2, -0.15) is 0 Å². The number of fused-ring (bicyclic) bond motifs is 1. The van der Waals surface area contributed by atoms with Gasteiger partial charge in [-0.05, 0) is 35.9 Å². The summed E-state index contributed by atoms with van der Waals surface area (Å²) in [6, 6.07) is 12.6. The summed E-state index contributed by atoms with van der Waals surface area (Å²) in [5.41, 5.74) is 1.11. The normalized spacial score (nSPS) is 10.6. The predicted molar refractivity (Wildman–Crippen MR) is 87.6 cm³/mol. The molecular formula is C18H16O5. The van der Waals surface area contributed by atoms with Crippen molar-refractivity contribution in [2.45, 2.75) is 0 Å². The molecule has 0 atom stereocenters. The summed E-state index contributed by atoms with van der Waals surface area (Å²) in [6.45, 7) is 0. The van der Waals surface area contributed by atoms with Crippen molar-refractivity contribution in [3.8, 4) is 28.4 Å². The van der Waals surface area contributed by atoms with Crippen molar-refractivity contribution in [1.82, 2.24) is 0 Å². The Hall–Kier alpha value is -2.95. The fraction of sp³-hybridized carbons (Fsp3) is 0.167. The molecule has 0 unspecified atom stereocenters. The number of ether oxygens (including phenoxy) is 3. The number of rotatable bonds is 4. The molecule has 0 aliphatic carbocycles. The first-order chi connectivity index (χ1) is 11.2. The molecule has 0 aliphatic heterocycles. The fourth-order valence-corrected chi connectivity index (χ4v) is 2.49. The zero-order valence-corrected chi connectivity index (χ0v) is 13.1. The monoisotopic (exact) mass is 312 g/mol. The van der Waals surface area contributed by atoms with Crippen molar-refractivity contribution in [3.05, 3.63) is 52.9 Å². The van der Waals surface area contributed by atoms with E-state index in [-0.39, 0.29) is 0 Å². The Morgan fingerprint density at radius 1 is 0.913 bits per heavy atom. The molecule has 0 saturated heterocycles. The van der Waals surface area contributed by atoms with Crippen LogP contribution >= 0.6 is 0 Å². The molecule has 0 saturated carbocycles. The molecule has 2 aromatic carbocycles. The zero-order chi connectivity index (χ0) is 16.4. The molecular weight excluding hydrogens is 296 g/mol. The van der Waals surface area contributed by atoms with Crippen LogP contribution in [0.2, 0.25) is 0 Å². The molecule has 0 N–H and O–H groups in total. The maximum atomic E-state index is 12.4. The molecule has 0 radical (unpaired) electrons. The van der Waals surface area contributed by atoms with Crippen molar-refractivity contribution in [1.29, 1.82) is 0 Å². The number of hydrogen-bond acceptors (Lipinski definition) is 5. The standard InChI is InChI=1S/C18H16O5/c1-20-13-6-4-5-11(9-13)14-10-12-7-8-15(21-2)17(22-3)16(12)23-18(14)19/h4-10H,1-3H3. The number of benzene rings is 2. The highest BCUT2D eigenvalue weighted by Crippen LogP contribution is 2.36. The van der Waals surface area contributed by atoms with Crippen molar-refractivity contribution in [2.75, 3.05) is 21.3 Å². The summed E-state index contributed by atoms with van der Waals surface area (Å²) in [4.78, 5) is 12.4. The first-order valence-corrected chi connectivity index (χ1v) is 7.01. The van der Waals surface area contributed by atoms with Gasteiger partial charge < -0.3 is 18.6 Å². The molecule has 0 aliphatic rings. The molecule has 0 fully saturated rings. The van der Waals surface area contributed by atoms with Gasteiger partial charge in [0, 0.05) is 5.39 Å². The summed E-state index contributed by atoms with van der Waals surface area (Å²) in [5, 5.41) is 0.750. The molecule has 0 amide bonds. The molecule has 1 aromatic heterocycles. The van der Waals surface area contributed by atoms with E-state index in [1.807, 2.05) is 24.3 Å². The molecule has 118 valence electrons. The van der Waals surface area contributed by atoms with Crippen LogP contribution in [0.3, 0.4) is 0 Å². The highest BCUT2D eigenvalue weighted by atomic mass is 16.5. The highest BCUT2D eigenvalue weighted by Gasteiger charge is 2.15. The average Bonchev–Trinajstić information content (AvgIpc) is 2.60. The van der Waals surface area contributed by atoms with Crippen LogP contribution in [-0.4, -0.2) is 21.3 Å². The Labute approximate surface area is 133 Å². The number of methoxy groups -OCH3 is 3. The Balaban J connectivity index is 2.24. The van der Waals surface area contributed by atoms with Gasteiger partial charge in [0.15, 0.2) is 11.3 Å². The van der Waals surface area contributed by atoms with E-state index in [0.29, 0.717) is 28.4 Å². The second-order valence-electron chi connectivity index (χ2n) is 4.90. The van der Waals surface area contributed by atoms with E-state index < -0.39 is 5.63 Å². The van der Waals surface area contributed by atoms with E-state index in [9.17, 15) is 4.79 Å². The van der Waals surface area contributed by atoms with Crippen LogP contribution in [0.1, 0.15) is 0 Å². The van der Waals surface area contributed by atoms with Crippen LogP contribution in [0, 0.1) is 0 Å². The Kier molecular flexibility index (Phi) is 3.93. The van der Waals surface area contributed by atoms with Gasteiger partial charge in [-0.15, -0.1) is 0 Å². The topological polar surface area (TPSA) is 57.9 Å². The molecule has 23 heavy (non-hydrogen) atoms. The highest BCUT2D eigenvalue weighted by molar-refractivity contribution is 5.88. The summed E-state index contributed by atoms with van der Waals surface area (Å²) in [5.74, 6) is 1.59. The lowest BCUT2D eigenvalue weighted by atomic mass is 10.1. The second kappa shape index (κ2) is 6.04. The molecule has 0 spiro atoms. The molecule has 1 heterocycles. The zero-order valence-electron chi connectivity index (χ0n) is 13.1. The van der Waals surface area contributed by atoms with Crippen LogP contribution in [0.5, 0.6) is 17.2 Å². The maximum Gasteiger partial charge on any atom is 0.344 e. The third-order valence-electron chi connectivity index (χ3n) is 3.63. The van der Waals surface area contributed by atoms with Crippen molar-refractivity contribution in [2.24, 2.45) is 0 Å². The summed E-state index contributed by atoms with van der Waals surface area (Å²) >= 11 is 0. The van der Waals surface area contributed by atoms with Crippen molar-refractivity contribution >= 4 is 11.0 Å². The first kappa shape index (κ1) is 15.0. The lowest BCUT2D eigenvalue weighted by molar-refractivity contribution is 0.352. The van der Waals surface area contributed by atoms with Crippen LogP contribution in [0.25, 0.3) is 22.1 Å². The summed E-state index contributed by atoms with van der Waals surface area (Å²) in [7, 11) is 4.62. The molecule has 3 rings (SSSR count). The minimum absolute atomic E-state index is 0.364. The van der Waals surface area contributed by atoms with Crippen LogP contribution < -0.4 is 19.8 Å². The molecule has 3 aromatic rings. The van der Waals surface area contributed by atoms with Crippen molar-refractivity contribution in [3.63, 3.8) is 0 Å². The lowest BCUT2D eigenvalue weighted by Gasteiger charge is -2.10. The van der Waals surface area contributed by atoms with E-state index in [0.717, 1.165) is 10.9 Å². The van der Waals surface area contributed by atoms with Crippen molar-refractivity contribution < 1.29 is 18.6 Å². The van der Waals surface area contributed by atoms with Crippen LogP contribution in [-0.2, 0) is 0 Å². The average molecular weight is 312 g/mol. The molecule has 5 nitrogen and oxygen atoms in total. The molecule has 5 heteroatoms. The number of hydrogen-bond donors (Lipinski definition) is 0. The van der Waals surface area contributed by atoms with Gasteiger partial charge >= 0.3 is 5.63 Å². The smallest absolute Gasteiger partial charge is 0.344 e. The first-order valence-electron chi connectivity index (χ1n) is 7.01. The van der Waals surface area contributed by atoms with Gasteiger partial charge in [0.05, 0.1) is 26.9 Å². The van der Waals surface area contributed by atoms with Gasteiger partial charge in [-0.1, -0.05) is 12.1 Å². The summed E-state index contributed by atoms with van der Waals surface area (Å²) < 4.78 is 21.2. The van der Waals surface area contributed by atoms with Gasteiger partial charge in [0.1, 0.15) is 5.75 Å². The second-order valence-corrected chi connectivity index (χ2v) is 4.90. The minimum atomic E-state index is -0.447. The Bertz CT molecular complexity index is 911. The Morgan fingerprint density at radius 2 is 1.74 bits per heavy atom. The van der Waals surface area contributed by atoms with Gasteiger partial charge in [-0.3, -0.25) is 0 Å². The van der Waals surface area contributed by atoms with E-state index >= 15 is 0 Å². The fourth-order valence-electron chi connectivity index (χ4n) is 2.49. The van der Waals surface area contributed by atoms with E-state index in [2.05, 4.69) is 0 Å². The van der Waals surface area contributed by atoms with Crippen LogP contribution in [0.4, 0.5) is 0 Å². The summed E-state index contributed by atoms with van der Waals surface area (Å²) in [6.07, 6.45) is 0. The minimum Gasteiger partial charge on any atom is -0.497 e. The van der Waals surface area contributed by atoms with Gasteiger partial charge in [0.2, 0.25) is 5.75 Å². The van der Waals surface area contributed by atoms with Gasteiger partial charge in [0.25, 0.3) is 0 Å². The quantitative estimate of drug-likeness (QED) is 0.690. The third kappa shape index (κ3) is 2.61. The maximum absolute atomic E-state index is 12.4. The predicted octanol–water partition coefficient (Wildman–Crippen LogP) is 3.49. The van der Waals surface area contributed by atoms with Gasteiger partial charge in [-0.25, -0.2) is 4.79 Å². The Morgan fingerprint density at radius 3 is 2.43 bits per heavy atom. The lowest BCUT2D eigenvalue weighted by Crippen LogP contribution is -2.04. The van der Waals surface area contributed by atoms with E-state index in [4.69, 9.17) is 18.6 Å². The third-order valence-corrected chi connectivity index (χ3v) is 3.63. The van der Waals surface area contributed by atoms with E-state index in [1.165, 1.54) is 14.2 Å². The van der Waals surface area contributed by atoms with E-state index in [1.54, 1.807) is 25.3 Å². The van der Waals surface area contributed by atoms with Crippen LogP contribution in [0.15, 0.2) is 51.7 Å². The largest absolute Gasteiger partial charge is 0.497 e.